The predicted molar refractivity (Wildman–Crippen MR) is 66.7 cm³/mol. The zero-order valence-corrected chi connectivity index (χ0v) is 10.6. The Labute approximate surface area is 98.1 Å². The molecule has 1 atom stereocenters. The van der Waals surface area contributed by atoms with Gasteiger partial charge in [-0.05, 0) is 31.7 Å². The molecule has 2 N–H and O–H groups in total. The smallest absolute Gasteiger partial charge is 0.111 e. The number of nitrogens with one attached hydrogen (secondary N) is 2. The van der Waals surface area contributed by atoms with Crippen LogP contribution in [0.1, 0.15) is 50.3 Å². The third kappa shape index (κ3) is 2.46. The molecular weight excluding hydrogens is 198 g/mol. The summed E-state index contributed by atoms with van der Waals surface area (Å²) in [7, 11) is 0. The number of hydrogen-bond acceptors (Lipinski definition) is 2. The van der Waals surface area contributed by atoms with E-state index in [-0.39, 0.29) is 0 Å². The number of H-pyrrole nitrogens is 1. The molecule has 90 valence electrons. The second-order valence-electron chi connectivity index (χ2n) is 5.19. The molecular formula is C13H23N3. The van der Waals surface area contributed by atoms with Gasteiger partial charge < -0.3 is 10.3 Å². The zero-order valence-electron chi connectivity index (χ0n) is 10.6. The van der Waals surface area contributed by atoms with Gasteiger partial charge in [0.15, 0.2) is 0 Å². The quantitative estimate of drug-likeness (QED) is 0.818. The lowest BCUT2D eigenvalue weighted by atomic mass is 10.1. The lowest BCUT2D eigenvalue weighted by molar-refractivity contribution is 0.629. The van der Waals surface area contributed by atoms with Crippen LogP contribution in [-0.4, -0.2) is 23.1 Å². The Balaban J connectivity index is 2.17. The minimum absolute atomic E-state index is 0.603. The van der Waals surface area contributed by atoms with Gasteiger partial charge in [0.05, 0.1) is 5.69 Å². The molecule has 0 amide bonds. The van der Waals surface area contributed by atoms with Gasteiger partial charge in [0.1, 0.15) is 5.82 Å². The summed E-state index contributed by atoms with van der Waals surface area (Å²) in [6.07, 6.45) is 3.38. The van der Waals surface area contributed by atoms with Crippen molar-refractivity contribution in [2.24, 2.45) is 5.92 Å². The predicted octanol–water partition coefficient (Wildman–Crippen LogP) is 2.25. The fourth-order valence-corrected chi connectivity index (χ4v) is 2.42. The van der Waals surface area contributed by atoms with E-state index in [9.17, 15) is 0 Å². The average molecular weight is 221 g/mol. The molecule has 0 radical (unpaired) electrons. The van der Waals surface area contributed by atoms with Crippen LogP contribution < -0.4 is 5.32 Å². The molecule has 1 aliphatic rings. The number of aromatic nitrogens is 2. The first kappa shape index (κ1) is 11.6. The summed E-state index contributed by atoms with van der Waals surface area (Å²) in [4.78, 5) is 8.32. The molecule has 0 bridgehead atoms. The summed E-state index contributed by atoms with van der Waals surface area (Å²) in [6, 6.07) is 0. The highest BCUT2D eigenvalue weighted by molar-refractivity contribution is 5.18. The van der Waals surface area contributed by atoms with Crippen LogP contribution in [0, 0.1) is 5.92 Å². The third-order valence-corrected chi connectivity index (χ3v) is 3.28. The fraction of sp³-hybridized carbons (Fsp3) is 0.769. The maximum atomic E-state index is 4.77. The van der Waals surface area contributed by atoms with Crippen LogP contribution in [0.3, 0.4) is 0 Å². The molecule has 1 aromatic rings. The highest BCUT2D eigenvalue weighted by atomic mass is 15.0. The van der Waals surface area contributed by atoms with Crippen molar-refractivity contribution in [3.63, 3.8) is 0 Å². The Hall–Kier alpha value is -0.830. The highest BCUT2D eigenvalue weighted by Crippen LogP contribution is 2.22. The van der Waals surface area contributed by atoms with Gasteiger partial charge in [-0.25, -0.2) is 4.98 Å². The summed E-state index contributed by atoms with van der Waals surface area (Å²) in [6.45, 7) is 8.93. The van der Waals surface area contributed by atoms with E-state index in [1.807, 2.05) is 0 Å². The van der Waals surface area contributed by atoms with Crippen molar-refractivity contribution in [2.75, 3.05) is 13.1 Å². The summed E-state index contributed by atoms with van der Waals surface area (Å²) in [5, 5.41) is 3.40. The van der Waals surface area contributed by atoms with Crippen LogP contribution in [0.4, 0.5) is 0 Å². The number of hydrogen-bond donors (Lipinski definition) is 2. The summed E-state index contributed by atoms with van der Waals surface area (Å²) in [5.41, 5.74) is 2.63. The summed E-state index contributed by atoms with van der Waals surface area (Å²) >= 11 is 0. The van der Waals surface area contributed by atoms with Crippen molar-refractivity contribution >= 4 is 0 Å². The van der Waals surface area contributed by atoms with E-state index in [0.717, 1.165) is 25.9 Å². The van der Waals surface area contributed by atoms with Crippen molar-refractivity contribution in [1.29, 1.82) is 0 Å². The molecule has 1 saturated heterocycles. The molecule has 0 aromatic carbocycles. The van der Waals surface area contributed by atoms with Crippen LogP contribution in [0.2, 0.25) is 0 Å². The molecule has 3 heteroatoms. The van der Waals surface area contributed by atoms with Crippen LogP contribution in [0.15, 0.2) is 0 Å². The number of aryl methyl sites for hydroxylation is 1. The molecule has 1 aliphatic heterocycles. The molecule has 1 fully saturated rings. The van der Waals surface area contributed by atoms with E-state index < -0.39 is 0 Å². The number of imidazole rings is 1. The number of aromatic amines is 1. The minimum Gasteiger partial charge on any atom is -0.345 e. The van der Waals surface area contributed by atoms with E-state index in [1.165, 1.54) is 23.6 Å². The molecule has 16 heavy (non-hydrogen) atoms. The third-order valence-electron chi connectivity index (χ3n) is 3.28. The Morgan fingerprint density at radius 1 is 1.44 bits per heavy atom. The van der Waals surface area contributed by atoms with E-state index >= 15 is 0 Å². The molecule has 1 unspecified atom stereocenters. The van der Waals surface area contributed by atoms with Crippen LogP contribution in [0.25, 0.3) is 0 Å². The van der Waals surface area contributed by atoms with Crippen LogP contribution in [0.5, 0.6) is 0 Å². The highest BCUT2D eigenvalue weighted by Gasteiger charge is 2.21. The number of nitrogens with zero attached hydrogens (tertiary/aromatic N) is 1. The molecule has 1 aromatic heterocycles. The second-order valence-corrected chi connectivity index (χ2v) is 5.19. The molecule has 3 nitrogen and oxygen atoms in total. The van der Waals surface area contributed by atoms with Crippen molar-refractivity contribution in [3.8, 4) is 0 Å². The lowest BCUT2D eigenvalue weighted by Crippen LogP contribution is -2.08. The maximum Gasteiger partial charge on any atom is 0.111 e. The van der Waals surface area contributed by atoms with E-state index in [0.29, 0.717) is 11.8 Å². The Morgan fingerprint density at radius 2 is 2.25 bits per heavy atom. The standard InChI is InChI=1S/C13H23N3/c1-4-11-12(7-9(2)3)16-13(15-11)10-5-6-14-8-10/h9-10,14H,4-8H2,1-3H3,(H,15,16). The van der Waals surface area contributed by atoms with Gasteiger partial charge in [-0.2, -0.15) is 0 Å². The molecule has 2 rings (SSSR count). The largest absolute Gasteiger partial charge is 0.345 e. The van der Waals surface area contributed by atoms with Crippen molar-refractivity contribution in [1.82, 2.24) is 15.3 Å². The number of rotatable bonds is 4. The second kappa shape index (κ2) is 5.00. The average Bonchev–Trinajstić information content (AvgIpc) is 2.83. The summed E-state index contributed by atoms with van der Waals surface area (Å²) in [5.74, 6) is 2.50. The van der Waals surface area contributed by atoms with Crippen LogP contribution >= 0.6 is 0 Å². The SMILES string of the molecule is CCc1nc(C2CCNC2)[nH]c1CC(C)C. The maximum absolute atomic E-state index is 4.77. The molecule has 2 heterocycles. The Bertz CT molecular complexity index is 335. The van der Waals surface area contributed by atoms with Gasteiger partial charge in [-0.3, -0.25) is 0 Å². The van der Waals surface area contributed by atoms with Gasteiger partial charge in [-0.1, -0.05) is 20.8 Å². The molecule has 0 spiro atoms. The van der Waals surface area contributed by atoms with Gasteiger partial charge in [0.2, 0.25) is 0 Å². The molecule has 0 aliphatic carbocycles. The van der Waals surface area contributed by atoms with Crippen LogP contribution in [-0.2, 0) is 12.8 Å². The lowest BCUT2D eigenvalue weighted by Gasteiger charge is -2.04. The van der Waals surface area contributed by atoms with Crippen molar-refractivity contribution in [2.45, 2.75) is 46.0 Å². The van der Waals surface area contributed by atoms with E-state index in [4.69, 9.17) is 4.98 Å². The monoisotopic (exact) mass is 221 g/mol. The van der Waals surface area contributed by atoms with Gasteiger partial charge in [0, 0.05) is 18.2 Å². The van der Waals surface area contributed by atoms with Crippen molar-refractivity contribution < 1.29 is 0 Å². The first-order chi connectivity index (χ1) is 7.70. The van der Waals surface area contributed by atoms with Gasteiger partial charge in [0.25, 0.3) is 0 Å². The first-order valence-electron chi connectivity index (χ1n) is 6.49. The van der Waals surface area contributed by atoms with Gasteiger partial charge in [-0.15, -0.1) is 0 Å². The van der Waals surface area contributed by atoms with E-state index in [1.54, 1.807) is 0 Å². The van der Waals surface area contributed by atoms with Gasteiger partial charge >= 0.3 is 0 Å². The first-order valence-corrected chi connectivity index (χ1v) is 6.49. The topological polar surface area (TPSA) is 40.7 Å². The molecule has 0 saturated carbocycles. The minimum atomic E-state index is 0.603. The Morgan fingerprint density at radius 3 is 2.81 bits per heavy atom. The Kier molecular flexibility index (Phi) is 3.64. The summed E-state index contributed by atoms with van der Waals surface area (Å²) < 4.78 is 0. The zero-order chi connectivity index (χ0) is 11.5. The fourth-order valence-electron chi connectivity index (χ4n) is 2.42. The van der Waals surface area contributed by atoms with Crippen molar-refractivity contribution in [3.05, 3.63) is 17.2 Å². The van der Waals surface area contributed by atoms with E-state index in [2.05, 4.69) is 31.1 Å². The normalized spacial score (nSPS) is 20.9.